The molecule has 0 bridgehead atoms. The zero-order valence-electron chi connectivity index (χ0n) is 12.8. The third-order valence-electron chi connectivity index (χ3n) is 3.51. The Morgan fingerprint density at radius 2 is 1.90 bits per heavy atom. The monoisotopic (exact) mass is 311 g/mol. The SMILES string of the molecule is Cc1ccc(S(=O)(=O)OC(C)C)c(C)c1N1CCCC1=O. The van der Waals surface area contributed by atoms with E-state index in [-0.39, 0.29) is 10.8 Å². The summed E-state index contributed by atoms with van der Waals surface area (Å²) in [5.74, 6) is 0.0422. The minimum Gasteiger partial charge on any atom is -0.312 e. The van der Waals surface area contributed by atoms with Gasteiger partial charge < -0.3 is 4.90 Å². The molecule has 1 amide bonds. The molecule has 1 saturated heterocycles. The summed E-state index contributed by atoms with van der Waals surface area (Å²) >= 11 is 0. The summed E-state index contributed by atoms with van der Waals surface area (Å²) in [6, 6.07) is 3.27. The number of hydrogen-bond donors (Lipinski definition) is 0. The van der Waals surface area contributed by atoms with Crippen molar-refractivity contribution in [3.63, 3.8) is 0 Å². The quantitative estimate of drug-likeness (QED) is 0.802. The molecule has 0 N–H and O–H groups in total. The van der Waals surface area contributed by atoms with Gasteiger partial charge in [0.05, 0.1) is 16.7 Å². The van der Waals surface area contributed by atoms with Gasteiger partial charge in [-0.25, -0.2) is 0 Å². The summed E-state index contributed by atoms with van der Waals surface area (Å²) in [6.45, 7) is 7.59. The van der Waals surface area contributed by atoms with Crippen molar-refractivity contribution < 1.29 is 17.4 Å². The van der Waals surface area contributed by atoms with Crippen LogP contribution in [0.25, 0.3) is 0 Å². The van der Waals surface area contributed by atoms with Gasteiger partial charge in [-0.3, -0.25) is 8.98 Å². The fraction of sp³-hybridized carbons (Fsp3) is 0.533. The average molecular weight is 311 g/mol. The third kappa shape index (κ3) is 3.11. The number of rotatable bonds is 4. The Bertz CT molecular complexity index is 664. The molecule has 1 aromatic rings. The number of carbonyl (C=O) groups is 1. The molecule has 1 heterocycles. The second kappa shape index (κ2) is 5.77. The van der Waals surface area contributed by atoms with Crippen molar-refractivity contribution in [2.24, 2.45) is 0 Å². The first kappa shape index (κ1) is 16.0. The van der Waals surface area contributed by atoms with E-state index in [0.29, 0.717) is 24.2 Å². The standard InChI is InChI=1S/C15H21NO4S/c1-10(2)20-21(18,19)13-8-7-11(3)15(12(13)4)16-9-5-6-14(16)17/h7-8,10H,5-6,9H2,1-4H3. The van der Waals surface area contributed by atoms with Gasteiger partial charge in [0.15, 0.2) is 0 Å². The zero-order chi connectivity index (χ0) is 15.8. The van der Waals surface area contributed by atoms with Crippen LogP contribution < -0.4 is 4.90 Å². The van der Waals surface area contributed by atoms with Gasteiger partial charge in [-0.05, 0) is 51.3 Å². The predicted molar refractivity (Wildman–Crippen MR) is 80.9 cm³/mol. The lowest BCUT2D eigenvalue weighted by molar-refractivity contribution is -0.117. The molecule has 0 radical (unpaired) electrons. The fourth-order valence-electron chi connectivity index (χ4n) is 2.69. The lowest BCUT2D eigenvalue weighted by Gasteiger charge is -2.23. The minimum absolute atomic E-state index is 0.0422. The summed E-state index contributed by atoms with van der Waals surface area (Å²) in [4.78, 5) is 13.8. The summed E-state index contributed by atoms with van der Waals surface area (Å²) in [5, 5.41) is 0. The first-order chi connectivity index (χ1) is 9.74. The third-order valence-corrected chi connectivity index (χ3v) is 5.13. The van der Waals surface area contributed by atoms with Gasteiger partial charge >= 0.3 is 0 Å². The number of benzene rings is 1. The van der Waals surface area contributed by atoms with Gasteiger partial charge in [0, 0.05) is 13.0 Å². The van der Waals surface area contributed by atoms with Crippen LogP contribution in [0.3, 0.4) is 0 Å². The molecule has 21 heavy (non-hydrogen) atoms. The van der Waals surface area contributed by atoms with E-state index in [9.17, 15) is 13.2 Å². The number of aryl methyl sites for hydroxylation is 1. The maximum absolute atomic E-state index is 12.3. The van der Waals surface area contributed by atoms with Crippen LogP contribution in [0.15, 0.2) is 17.0 Å². The van der Waals surface area contributed by atoms with E-state index < -0.39 is 16.2 Å². The van der Waals surface area contributed by atoms with Crippen LogP contribution in [-0.4, -0.2) is 27.0 Å². The van der Waals surface area contributed by atoms with E-state index in [4.69, 9.17) is 4.18 Å². The van der Waals surface area contributed by atoms with Gasteiger partial charge in [0.2, 0.25) is 5.91 Å². The number of nitrogens with zero attached hydrogens (tertiary/aromatic N) is 1. The first-order valence-electron chi connectivity index (χ1n) is 7.08. The zero-order valence-corrected chi connectivity index (χ0v) is 13.7. The van der Waals surface area contributed by atoms with Crippen LogP contribution in [0.2, 0.25) is 0 Å². The highest BCUT2D eigenvalue weighted by molar-refractivity contribution is 7.86. The van der Waals surface area contributed by atoms with Crippen LogP contribution in [0.1, 0.15) is 37.8 Å². The number of amides is 1. The van der Waals surface area contributed by atoms with E-state index >= 15 is 0 Å². The van der Waals surface area contributed by atoms with Crippen LogP contribution in [-0.2, 0) is 19.1 Å². The number of anilines is 1. The molecule has 116 valence electrons. The molecule has 0 aliphatic carbocycles. The van der Waals surface area contributed by atoms with Crippen LogP contribution in [0.4, 0.5) is 5.69 Å². The molecule has 1 aliphatic rings. The van der Waals surface area contributed by atoms with E-state index in [0.717, 1.165) is 12.0 Å². The fourth-order valence-corrected chi connectivity index (χ4v) is 4.01. The summed E-state index contributed by atoms with van der Waals surface area (Å²) in [5.41, 5.74) is 2.17. The lowest BCUT2D eigenvalue weighted by atomic mass is 10.1. The summed E-state index contributed by atoms with van der Waals surface area (Å²) in [7, 11) is -3.81. The Morgan fingerprint density at radius 1 is 1.24 bits per heavy atom. The van der Waals surface area contributed by atoms with Gasteiger partial charge in [-0.15, -0.1) is 0 Å². The van der Waals surface area contributed by atoms with Crippen molar-refractivity contribution in [3.8, 4) is 0 Å². The van der Waals surface area contributed by atoms with Crippen molar-refractivity contribution in [1.29, 1.82) is 0 Å². The molecule has 1 aromatic carbocycles. The largest absolute Gasteiger partial charge is 0.312 e. The highest BCUT2D eigenvalue weighted by Crippen LogP contribution is 2.33. The second-order valence-corrected chi connectivity index (χ2v) is 7.14. The first-order valence-corrected chi connectivity index (χ1v) is 8.48. The maximum atomic E-state index is 12.3. The summed E-state index contributed by atoms with van der Waals surface area (Å²) < 4.78 is 29.7. The molecule has 1 aliphatic heterocycles. The molecular weight excluding hydrogens is 290 g/mol. The molecule has 0 saturated carbocycles. The molecule has 0 aromatic heterocycles. The Balaban J connectivity index is 2.54. The van der Waals surface area contributed by atoms with E-state index in [2.05, 4.69) is 0 Å². The van der Waals surface area contributed by atoms with Gasteiger partial charge in [0.25, 0.3) is 10.1 Å². The smallest absolute Gasteiger partial charge is 0.297 e. The van der Waals surface area contributed by atoms with Crippen molar-refractivity contribution in [2.75, 3.05) is 11.4 Å². The normalized spacial score (nSPS) is 16.0. The van der Waals surface area contributed by atoms with Crippen molar-refractivity contribution in [1.82, 2.24) is 0 Å². The van der Waals surface area contributed by atoms with Crippen molar-refractivity contribution >= 4 is 21.7 Å². The van der Waals surface area contributed by atoms with Crippen LogP contribution in [0, 0.1) is 13.8 Å². The molecule has 6 heteroatoms. The highest BCUT2D eigenvalue weighted by Gasteiger charge is 2.28. The topological polar surface area (TPSA) is 63.7 Å². The number of hydrogen-bond acceptors (Lipinski definition) is 4. The Kier molecular flexibility index (Phi) is 4.39. The second-order valence-electron chi connectivity index (χ2n) is 5.60. The minimum atomic E-state index is -3.81. The van der Waals surface area contributed by atoms with Gasteiger partial charge in [-0.1, -0.05) is 6.07 Å². The van der Waals surface area contributed by atoms with E-state index in [1.807, 2.05) is 6.92 Å². The molecule has 0 unspecified atom stereocenters. The van der Waals surface area contributed by atoms with Crippen molar-refractivity contribution in [2.45, 2.75) is 51.5 Å². The van der Waals surface area contributed by atoms with Gasteiger partial charge in [-0.2, -0.15) is 8.42 Å². The molecule has 1 fully saturated rings. The molecular formula is C15H21NO4S. The predicted octanol–water partition coefficient (Wildman–Crippen LogP) is 2.54. The van der Waals surface area contributed by atoms with E-state index in [1.54, 1.807) is 37.8 Å². The molecule has 2 rings (SSSR count). The molecule has 0 spiro atoms. The highest BCUT2D eigenvalue weighted by atomic mass is 32.2. The Morgan fingerprint density at radius 3 is 2.43 bits per heavy atom. The van der Waals surface area contributed by atoms with Crippen LogP contribution >= 0.6 is 0 Å². The Hall–Kier alpha value is -1.40. The average Bonchev–Trinajstić information content (AvgIpc) is 2.73. The lowest BCUT2D eigenvalue weighted by Crippen LogP contribution is -2.26. The van der Waals surface area contributed by atoms with Gasteiger partial charge in [0.1, 0.15) is 0 Å². The number of carbonyl (C=O) groups excluding carboxylic acids is 1. The summed E-state index contributed by atoms with van der Waals surface area (Å²) in [6.07, 6.45) is 0.891. The van der Waals surface area contributed by atoms with Crippen LogP contribution in [0.5, 0.6) is 0 Å². The molecule has 0 atom stereocenters. The maximum Gasteiger partial charge on any atom is 0.297 e. The van der Waals surface area contributed by atoms with Crippen molar-refractivity contribution in [3.05, 3.63) is 23.3 Å². The van der Waals surface area contributed by atoms with E-state index in [1.165, 1.54) is 0 Å². The molecule has 5 nitrogen and oxygen atoms in total. The Labute approximate surface area is 126 Å².